The van der Waals surface area contributed by atoms with Crippen molar-refractivity contribution in [1.29, 1.82) is 0 Å². The number of anilines is 1. The van der Waals surface area contributed by atoms with Gasteiger partial charge in [0.05, 0.1) is 6.10 Å². The summed E-state index contributed by atoms with van der Waals surface area (Å²) < 4.78 is 0. The van der Waals surface area contributed by atoms with Crippen LogP contribution in [0.15, 0.2) is 35.8 Å². The smallest absolute Gasteiger partial charge is 0.321 e. The molecule has 19 heavy (non-hydrogen) atoms. The van der Waals surface area contributed by atoms with E-state index in [-0.39, 0.29) is 6.54 Å². The van der Waals surface area contributed by atoms with Crippen LogP contribution in [-0.4, -0.2) is 22.7 Å². The van der Waals surface area contributed by atoms with Gasteiger partial charge in [-0.05, 0) is 17.7 Å². The molecule has 1 aromatic heterocycles. The number of carbonyl (C=O) groups excluding carboxylic acids is 1. The van der Waals surface area contributed by atoms with E-state index in [9.17, 15) is 9.90 Å². The van der Waals surface area contributed by atoms with E-state index >= 15 is 0 Å². The maximum absolute atomic E-state index is 11.5. The lowest BCUT2D eigenvalue weighted by Gasteiger charge is -2.12. The van der Waals surface area contributed by atoms with E-state index in [0.29, 0.717) is 15.7 Å². The van der Waals surface area contributed by atoms with Gasteiger partial charge in [-0.3, -0.25) is 5.32 Å². The fraction of sp³-hybridized carbons (Fsp3) is 0.167. The number of benzene rings is 1. The Morgan fingerprint density at radius 2 is 2.37 bits per heavy atom. The highest BCUT2D eigenvalue weighted by Crippen LogP contribution is 2.17. The molecule has 7 heteroatoms. The Balaban J connectivity index is 1.83. The minimum absolute atomic E-state index is 0.0948. The zero-order chi connectivity index (χ0) is 13.7. The highest BCUT2D eigenvalue weighted by atomic mass is 35.5. The second-order valence-electron chi connectivity index (χ2n) is 3.74. The predicted molar refractivity (Wildman–Crippen MR) is 75.5 cm³/mol. The molecule has 1 heterocycles. The molecule has 0 spiro atoms. The van der Waals surface area contributed by atoms with Crippen LogP contribution in [0.5, 0.6) is 0 Å². The largest absolute Gasteiger partial charge is 0.387 e. The molecule has 2 aromatic rings. The average Bonchev–Trinajstić information content (AvgIpc) is 2.88. The van der Waals surface area contributed by atoms with Gasteiger partial charge in [0.2, 0.25) is 0 Å². The summed E-state index contributed by atoms with van der Waals surface area (Å²) in [5.74, 6) is 0. The van der Waals surface area contributed by atoms with E-state index in [2.05, 4.69) is 15.6 Å². The number of nitrogens with one attached hydrogen (secondary N) is 2. The lowest BCUT2D eigenvalue weighted by Crippen LogP contribution is -2.32. The highest BCUT2D eigenvalue weighted by Gasteiger charge is 2.10. The second-order valence-corrected chi connectivity index (χ2v) is 5.07. The molecule has 0 unspecified atom stereocenters. The molecule has 2 amide bonds. The lowest BCUT2D eigenvalue weighted by molar-refractivity contribution is 0.175. The second kappa shape index (κ2) is 6.51. The Morgan fingerprint density at radius 1 is 1.53 bits per heavy atom. The molecule has 1 atom stereocenters. The van der Waals surface area contributed by atoms with Crippen molar-refractivity contribution in [2.75, 3.05) is 11.9 Å². The van der Waals surface area contributed by atoms with E-state index in [1.54, 1.807) is 35.8 Å². The monoisotopic (exact) mass is 297 g/mol. The summed E-state index contributed by atoms with van der Waals surface area (Å²) in [6.07, 6.45) is 0.793. The van der Waals surface area contributed by atoms with Crippen molar-refractivity contribution in [3.63, 3.8) is 0 Å². The normalized spacial score (nSPS) is 11.9. The summed E-state index contributed by atoms with van der Waals surface area (Å²) in [5.41, 5.74) is 0.655. The van der Waals surface area contributed by atoms with Crippen LogP contribution in [0.2, 0.25) is 5.02 Å². The van der Waals surface area contributed by atoms with Gasteiger partial charge >= 0.3 is 6.03 Å². The number of rotatable bonds is 4. The van der Waals surface area contributed by atoms with E-state index < -0.39 is 12.1 Å². The van der Waals surface area contributed by atoms with Crippen LogP contribution in [0, 0.1) is 0 Å². The van der Waals surface area contributed by atoms with Gasteiger partial charge in [-0.25, -0.2) is 9.78 Å². The Labute approximate surface area is 119 Å². The number of thiazole rings is 1. The topological polar surface area (TPSA) is 74.2 Å². The van der Waals surface area contributed by atoms with Crippen LogP contribution >= 0.6 is 22.9 Å². The molecule has 2 rings (SSSR count). The summed E-state index contributed by atoms with van der Waals surface area (Å²) in [6.45, 7) is 0.0948. The molecule has 0 aliphatic carbocycles. The number of aromatic nitrogens is 1. The number of nitrogens with zero attached hydrogens (tertiary/aromatic N) is 1. The van der Waals surface area contributed by atoms with Crippen molar-refractivity contribution in [2.45, 2.75) is 6.10 Å². The van der Waals surface area contributed by atoms with Gasteiger partial charge in [0, 0.05) is 23.1 Å². The van der Waals surface area contributed by atoms with Crippen molar-refractivity contribution >= 4 is 34.1 Å². The number of carbonyl (C=O) groups is 1. The molecule has 3 N–H and O–H groups in total. The molecule has 1 aromatic carbocycles. The molecule has 5 nitrogen and oxygen atoms in total. The van der Waals surface area contributed by atoms with Gasteiger partial charge in [0.1, 0.15) is 0 Å². The molecule has 0 aliphatic rings. The number of amides is 2. The van der Waals surface area contributed by atoms with Crippen LogP contribution < -0.4 is 10.6 Å². The highest BCUT2D eigenvalue weighted by molar-refractivity contribution is 7.13. The van der Waals surface area contributed by atoms with Gasteiger partial charge in [-0.1, -0.05) is 23.7 Å². The molecule has 100 valence electrons. The minimum atomic E-state index is -0.805. The van der Waals surface area contributed by atoms with E-state index in [4.69, 9.17) is 11.6 Å². The standard InChI is InChI=1S/C12H12ClN3O2S/c13-9-3-1-2-8(6-9)10(17)7-15-11(18)16-12-14-4-5-19-12/h1-6,10,17H,7H2,(H2,14,15,16,18)/t10-/m1/s1. The van der Waals surface area contributed by atoms with E-state index in [1.165, 1.54) is 11.3 Å². The fourth-order valence-electron chi connectivity index (χ4n) is 1.45. The van der Waals surface area contributed by atoms with Crippen molar-refractivity contribution in [3.05, 3.63) is 46.4 Å². The summed E-state index contributed by atoms with van der Waals surface area (Å²) >= 11 is 7.15. The minimum Gasteiger partial charge on any atom is -0.387 e. The zero-order valence-corrected chi connectivity index (χ0v) is 11.4. The molecular weight excluding hydrogens is 286 g/mol. The molecule has 0 radical (unpaired) electrons. The molecule has 0 saturated carbocycles. The summed E-state index contributed by atoms with van der Waals surface area (Å²) in [4.78, 5) is 15.4. The van der Waals surface area contributed by atoms with Crippen molar-refractivity contribution in [1.82, 2.24) is 10.3 Å². The Morgan fingerprint density at radius 3 is 3.05 bits per heavy atom. The first-order valence-electron chi connectivity index (χ1n) is 5.53. The molecular formula is C12H12ClN3O2S. The van der Waals surface area contributed by atoms with Crippen LogP contribution in [0.1, 0.15) is 11.7 Å². The first-order chi connectivity index (χ1) is 9.15. The van der Waals surface area contributed by atoms with E-state index in [0.717, 1.165) is 0 Å². The molecule has 0 aliphatic heterocycles. The van der Waals surface area contributed by atoms with Crippen LogP contribution in [0.25, 0.3) is 0 Å². The van der Waals surface area contributed by atoms with Gasteiger partial charge in [-0.2, -0.15) is 0 Å². The van der Waals surface area contributed by atoms with Crippen molar-refractivity contribution in [2.24, 2.45) is 0 Å². The van der Waals surface area contributed by atoms with Gasteiger partial charge < -0.3 is 10.4 Å². The molecule has 0 bridgehead atoms. The van der Waals surface area contributed by atoms with Crippen LogP contribution in [0.3, 0.4) is 0 Å². The lowest BCUT2D eigenvalue weighted by atomic mass is 10.1. The summed E-state index contributed by atoms with van der Waals surface area (Å²) in [5, 5.41) is 17.8. The Hall–Kier alpha value is -1.63. The number of aliphatic hydroxyl groups is 1. The number of aliphatic hydroxyl groups excluding tert-OH is 1. The third-order valence-corrected chi connectivity index (χ3v) is 3.27. The number of hydrogen-bond acceptors (Lipinski definition) is 4. The van der Waals surface area contributed by atoms with E-state index in [1.807, 2.05) is 0 Å². The quantitative estimate of drug-likeness (QED) is 0.812. The summed E-state index contributed by atoms with van der Waals surface area (Å²) in [7, 11) is 0. The summed E-state index contributed by atoms with van der Waals surface area (Å²) in [6, 6.07) is 6.47. The van der Waals surface area contributed by atoms with Gasteiger partial charge in [-0.15, -0.1) is 11.3 Å². The first-order valence-corrected chi connectivity index (χ1v) is 6.79. The average molecular weight is 298 g/mol. The SMILES string of the molecule is O=C(NC[C@@H](O)c1cccc(Cl)c1)Nc1nccs1. The van der Waals surface area contributed by atoms with Gasteiger partial charge in [0.15, 0.2) is 5.13 Å². The molecule has 0 fully saturated rings. The Bertz CT molecular complexity index is 548. The van der Waals surface area contributed by atoms with Crippen molar-refractivity contribution in [3.8, 4) is 0 Å². The van der Waals surface area contributed by atoms with Crippen molar-refractivity contribution < 1.29 is 9.90 Å². The number of halogens is 1. The fourth-order valence-corrected chi connectivity index (χ4v) is 2.17. The van der Waals surface area contributed by atoms with Crippen LogP contribution in [-0.2, 0) is 0 Å². The van der Waals surface area contributed by atoms with Crippen LogP contribution in [0.4, 0.5) is 9.93 Å². The molecule has 0 saturated heterocycles. The zero-order valence-electron chi connectivity index (χ0n) is 9.84. The maximum Gasteiger partial charge on any atom is 0.321 e. The third kappa shape index (κ3) is 4.20. The number of hydrogen-bond donors (Lipinski definition) is 3. The predicted octanol–water partition coefficient (Wildman–Crippen LogP) is 2.65. The third-order valence-electron chi connectivity index (χ3n) is 2.34. The maximum atomic E-state index is 11.5. The number of urea groups is 1. The Kier molecular flexibility index (Phi) is 4.73. The first kappa shape index (κ1) is 13.8. The van der Waals surface area contributed by atoms with Gasteiger partial charge in [0.25, 0.3) is 0 Å².